The summed E-state index contributed by atoms with van der Waals surface area (Å²) in [5.74, 6) is -0.111. The van der Waals surface area contributed by atoms with Gasteiger partial charge in [0.2, 0.25) is 5.91 Å². The maximum Gasteiger partial charge on any atom is 0.240 e. The topological polar surface area (TPSA) is 55.1 Å². The molecule has 2 atom stereocenters. The van der Waals surface area contributed by atoms with E-state index in [9.17, 15) is 4.79 Å². The van der Waals surface area contributed by atoms with Gasteiger partial charge in [-0.2, -0.15) is 12.6 Å². The molecule has 1 amide bonds. The van der Waals surface area contributed by atoms with Gasteiger partial charge in [0, 0.05) is 0 Å². The van der Waals surface area contributed by atoms with E-state index in [0.717, 1.165) is 0 Å². The first-order valence-corrected chi connectivity index (χ1v) is 2.47. The van der Waals surface area contributed by atoms with Gasteiger partial charge in [0.25, 0.3) is 0 Å². The van der Waals surface area contributed by atoms with E-state index in [1.165, 1.54) is 0 Å². The van der Waals surface area contributed by atoms with E-state index >= 15 is 0 Å². The summed E-state index contributed by atoms with van der Waals surface area (Å²) in [4.78, 5) is 10.2. The van der Waals surface area contributed by atoms with E-state index in [0.29, 0.717) is 0 Å². The summed E-state index contributed by atoms with van der Waals surface area (Å²) in [5, 5.41) is 2.34. The summed E-state index contributed by atoms with van der Waals surface area (Å²) < 4.78 is 0. The van der Waals surface area contributed by atoms with Gasteiger partial charge in [-0.05, 0) is 0 Å². The normalized spacial score (nSPS) is 39.4. The van der Waals surface area contributed by atoms with Crippen molar-refractivity contribution in [2.45, 2.75) is 11.4 Å². The molecule has 1 rings (SSSR count). The van der Waals surface area contributed by atoms with Gasteiger partial charge in [0.05, 0.1) is 5.37 Å². The molecular formula is C3H6N2OS. The van der Waals surface area contributed by atoms with Crippen LogP contribution in [0, 0.1) is 0 Å². The fraction of sp³-hybridized carbons (Fsp3) is 0.667. The van der Waals surface area contributed by atoms with Crippen LogP contribution < -0.4 is 11.1 Å². The van der Waals surface area contributed by atoms with Crippen molar-refractivity contribution in [3.8, 4) is 0 Å². The predicted octanol–water partition coefficient (Wildman–Crippen LogP) is -1.30. The Labute approximate surface area is 46.7 Å². The Bertz CT molecular complexity index is 105. The van der Waals surface area contributed by atoms with Crippen LogP contribution in [0.5, 0.6) is 0 Å². The van der Waals surface area contributed by atoms with E-state index in [4.69, 9.17) is 5.73 Å². The van der Waals surface area contributed by atoms with Crippen LogP contribution in [0.3, 0.4) is 0 Å². The van der Waals surface area contributed by atoms with Crippen molar-refractivity contribution >= 4 is 18.5 Å². The summed E-state index contributed by atoms with van der Waals surface area (Å²) in [6, 6.07) is -0.386. The van der Waals surface area contributed by atoms with Gasteiger partial charge < -0.3 is 11.1 Å². The number of carbonyl (C=O) groups is 1. The number of β-lactam (4-membered cyclic amide) rings is 1. The molecule has 7 heavy (non-hydrogen) atoms. The average Bonchev–Trinajstić information content (AvgIpc) is 1.68. The molecule has 0 aliphatic carbocycles. The zero-order chi connectivity index (χ0) is 5.44. The van der Waals surface area contributed by atoms with Crippen molar-refractivity contribution < 1.29 is 4.79 Å². The molecule has 2 unspecified atom stereocenters. The molecule has 0 radical (unpaired) electrons. The first-order valence-electron chi connectivity index (χ1n) is 1.96. The van der Waals surface area contributed by atoms with Crippen molar-refractivity contribution in [3.05, 3.63) is 0 Å². The minimum absolute atomic E-state index is 0.111. The zero-order valence-electron chi connectivity index (χ0n) is 3.59. The van der Waals surface area contributed by atoms with Gasteiger partial charge >= 0.3 is 0 Å². The second-order valence-electron chi connectivity index (χ2n) is 1.48. The number of nitrogens with two attached hydrogens (primary N) is 1. The zero-order valence-corrected chi connectivity index (χ0v) is 4.48. The summed E-state index contributed by atoms with van der Waals surface area (Å²) in [6.07, 6.45) is 0. The van der Waals surface area contributed by atoms with Crippen LogP contribution in [-0.4, -0.2) is 17.3 Å². The van der Waals surface area contributed by atoms with Crippen LogP contribution in [0.2, 0.25) is 0 Å². The highest BCUT2D eigenvalue weighted by Gasteiger charge is 2.32. The number of rotatable bonds is 0. The number of hydrogen-bond donors (Lipinski definition) is 3. The molecule has 1 saturated heterocycles. The largest absolute Gasteiger partial charge is 0.341 e. The Morgan fingerprint density at radius 3 is 2.43 bits per heavy atom. The molecule has 0 aromatic rings. The standard InChI is InChI=1S/C3H6N2OS/c4-1-2(6)5-3(1)7/h1,3,7H,4H2,(H,5,6). The first kappa shape index (κ1) is 4.93. The average molecular weight is 118 g/mol. The highest BCUT2D eigenvalue weighted by molar-refractivity contribution is 7.81. The maximum atomic E-state index is 10.2. The number of nitrogens with one attached hydrogen (secondary N) is 1. The van der Waals surface area contributed by atoms with Crippen LogP contribution in [0.4, 0.5) is 0 Å². The molecular weight excluding hydrogens is 112 g/mol. The molecule has 1 aliphatic rings. The molecule has 40 valence electrons. The van der Waals surface area contributed by atoms with Gasteiger partial charge in [-0.1, -0.05) is 0 Å². The Hall–Kier alpha value is -0.220. The third kappa shape index (κ3) is 0.595. The molecule has 0 saturated carbocycles. The van der Waals surface area contributed by atoms with Crippen LogP contribution in [-0.2, 0) is 4.79 Å². The number of thiol groups is 1. The number of hydrogen-bond acceptors (Lipinski definition) is 3. The van der Waals surface area contributed by atoms with Crippen LogP contribution >= 0.6 is 12.6 Å². The van der Waals surface area contributed by atoms with E-state index < -0.39 is 0 Å². The summed E-state index contributed by atoms with van der Waals surface area (Å²) in [7, 11) is 0. The van der Waals surface area contributed by atoms with Gasteiger partial charge in [-0.25, -0.2) is 0 Å². The smallest absolute Gasteiger partial charge is 0.240 e. The van der Waals surface area contributed by atoms with E-state index in [-0.39, 0.29) is 17.3 Å². The van der Waals surface area contributed by atoms with Gasteiger partial charge in [-0.15, -0.1) is 0 Å². The monoisotopic (exact) mass is 118 g/mol. The molecule has 0 aromatic heterocycles. The summed E-state index contributed by atoms with van der Waals surface area (Å²) in [5.41, 5.74) is 5.18. The number of carbonyl (C=O) groups excluding carboxylic acids is 1. The van der Waals surface area contributed by atoms with Crippen molar-refractivity contribution in [3.63, 3.8) is 0 Å². The van der Waals surface area contributed by atoms with Gasteiger partial charge in [0.15, 0.2) is 0 Å². The lowest BCUT2D eigenvalue weighted by atomic mass is 10.2. The second kappa shape index (κ2) is 1.38. The Morgan fingerprint density at radius 1 is 1.86 bits per heavy atom. The first-order chi connectivity index (χ1) is 3.22. The Kier molecular flexibility index (Phi) is 0.972. The molecule has 1 heterocycles. The fourth-order valence-electron chi connectivity index (χ4n) is 0.379. The maximum absolute atomic E-state index is 10.2. The van der Waals surface area contributed by atoms with Crippen molar-refractivity contribution in [2.75, 3.05) is 0 Å². The molecule has 0 spiro atoms. The van der Waals surface area contributed by atoms with Gasteiger partial charge in [0.1, 0.15) is 6.04 Å². The summed E-state index contributed by atoms with van der Waals surface area (Å²) in [6.45, 7) is 0. The van der Waals surface area contributed by atoms with E-state index in [2.05, 4.69) is 17.9 Å². The Morgan fingerprint density at radius 2 is 2.43 bits per heavy atom. The third-order valence-corrected chi connectivity index (χ3v) is 1.38. The van der Waals surface area contributed by atoms with E-state index in [1.54, 1.807) is 0 Å². The minimum Gasteiger partial charge on any atom is -0.341 e. The quantitative estimate of drug-likeness (QED) is 0.273. The van der Waals surface area contributed by atoms with Crippen LogP contribution in [0.15, 0.2) is 0 Å². The van der Waals surface area contributed by atoms with Crippen LogP contribution in [0.1, 0.15) is 0 Å². The molecule has 3 nitrogen and oxygen atoms in total. The number of amides is 1. The molecule has 3 N–H and O–H groups in total. The fourth-order valence-corrected chi connectivity index (χ4v) is 0.642. The lowest BCUT2D eigenvalue weighted by molar-refractivity contribution is -0.128. The molecule has 1 fully saturated rings. The van der Waals surface area contributed by atoms with Crippen LogP contribution in [0.25, 0.3) is 0 Å². The summed E-state index contributed by atoms with van der Waals surface area (Å²) >= 11 is 3.88. The molecule has 0 bridgehead atoms. The highest BCUT2D eigenvalue weighted by atomic mass is 32.1. The minimum atomic E-state index is -0.386. The third-order valence-electron chi connectivity index (χ3n) is 0.933. The van der Waals surface area contributed by atoms with Crippen molar-refractivity contribution in [1.82, 2.24) is 5.32 Å². The molecule has 0 aromatic carbocycles. The van der Waals surface area contributed by atoms with E-state index in [1.807, 2.05) is 0 Å². The lowest BCUT2D eigenvalue weighted by Crippen LogP contribution is -2.63. The molecule has 4 heteroatoms. The second-order valence-corrected chi connectivity index (χ2v) is 2.04. The lowest BCUT2D eigenvalue weighted by Gasteiger charge is -2.29. The predicted molar refractivity (Wildman–Crippen MR) is 28.9 cm³/mol. The highest BCUT2D eigenvalue weighted by Crippen LogP contribution is 2.05. The SMILES string of the molecule is NC1C(=O)NC1S. The molecule has 1 aliphatic heterocycles. The van der Waals surface area contributed by atoms with Crippen molar-refractivity contribution in [1.29, 1.82) is 0 Å². The Balaban J connectivity index is 2.43. The van der Waals surface area contributed by atoms with Crippen molar-refractivity contribution in [2.24, 2.45) is 5.73 Å². The van der Waals surface area contributed by atoms with Gasteiger partial charge in [-0.3, -0.25) is 4.79 Å².